The molecule has 1 atom stereocenters. The summed E-state index contributed by atoms with van der Waals surface area (Å²) in [6, 6.07) is 14.4. The molecule has 186 valence electrons. The Labute approximate surface area is 213 Å². The van der Waals surface area contributed by atoms with Crippen LogP contribution in [0.3, 0.4) is 0 Å². The quantitative estimate of drug-likeness (QED) is 0.435. The molecule has 1 fully saturated rings. The van der Waals surface area contributed by atoms with Crippen LogP contribution in [0.5, 0.6) is 5.75 Å². The van der Waals surface area contributed by atoms with E-state index < -0.39 is 16.1 Å². The number of benzene rings is 2. The Morgan fingerprint density at radius 2 is 1.89 bits per heavy atom. The van der Waals surface area contributed by atoms with Gasteiger partial charge >= 0.3 is 0 Å². The van der Waals surface area contributed by atoms with Gasteiger partial charge in [-0.2, -0.15) is 4.31 Å². The summed E-state index contributed by atoms with van der Waals surface area (Å²) < 4.78 is 48.8. The molecule has 3 heterocycles. The number of ether oxygens (including phenoxy) is 3. The van der Waals surface area contributed by atoms with Crippen LogP contribution in [0.1, 0.15) is 24.1 Å². The fraction of sp³-hybridized carbons (Fsp3) is 0.417. The van der Waals surface area contributed by atoms with E-state index in [-0.39, 0.29) is 24.3 Å². The Morgan fingerprint density at radius 1 is 1.09 bits per heavy atom. The molecular formula is C24H27BrN4O5S. The Morgan fingerprint density at radius 3 is 2.69 bits per heavy atom. The lowest BCUT2D eigenvalue weighted by molar-refractivity contribution is -0.182. The lowest BCUT2D eigenvalue weighted by Crippen LogP contribution is -2.42. The average molecular weight is 563 g/mol. The van der Waals surface area contributed by atoms with Crippen molar-refractivity contribution in [2.45, 2.75) is 49.6 Å². The van der Waals surface area contributed by atoms with Crippen molar-refractivity contribution in [3.05, 3.63) is 70.5 Å². The van der Waals surface area contributed by atoms with Gasteiger partial charge in [-0.1, -0.05) is 51.5 Å². The molecule has 3 aromatic rings. The summed E-state index contributed by atoms with van der Waals surface area (Å²) in [6.45, 7) is 2.28. The van der Waals surface area contributed by atoms with Gasteiger partial charge in [-0.25, -0.2) is 8.42 Å². The molecular weight excluding hydrogens is 536 g/mol. The molecule has 0 spiro atoms. The number of nitrogens with zero attached hydrogens (tertiary/aromatic N) is 4. The number of aromatic nitrogens is 3. The van der Waals surface area contributed by atoms with Crippen LogP contribution >= 0.6 is 15.9 Å². The molecule has 2 aliphatic heterocycles. The molecule has 0 N–H and O–H groups in total. The van der Waals surface area contributed by atoms with E-state index in [1.54, 1.807) is 29.1 Å². The van der Waals surface area contributed by atoms with Crippen molar-refractivity contribution >= 4 is 26.0 Å². The van der Waals surface area contributed by atoms with Gasteiger partial charge in [-0.05, 0) is 36.6 Å². The number of hydrogen-bond acceptors (Lipinski definition) is 7. The van der Waals surface area contributed by atoms with Crippen LogP contribution in [0, 0.1) is 0 Å². The Kier molecular flexibility index (Phi) is 7.49. The van der Waals surface area contributed by atoms with Crippen LogP contribution in [0.15, 0.2) is 64.1 Å². The van der Waals surface area contributed by atoms with Crippen molar-refractivity contribution in [3.63, 3.8) is 0 Å². The fourth-order valence-electron chi connectivity index (χ4n) is 4.28. The van der Waals surface area contributed by atoms with E-state index in [0.717, 1.165) is 16.5 Å². The predicted octanol–water partition coefficient (Wildman–Crippen LogP) is 3.39. The normalized spacial score (nSPS) is 20.7. The molecule has 11 heteroatoms. The molecule has 0 bridgehead atoms. The minimum atomic E-state index is -3.85. The van der Waals surface area contributed by atoms with Crippen molar-refractivity contribution in [3.8, 4) is 5.75 Å². The van der Waals surface area contributed by atoms with Crippen molar-refractivity contribution in [1.29, 1.82) is 0 Å². The lowest BCUT2D eigenvalue weighted by atomic mass is 10.1. The molecule has 1 aromatic heterocycles. The minimum Gasteiger partial charge on any atom is -0.490 e. The van der Waals surface area contributed by atoms with Gasteiger partial charge in [0.2, 0.25) is 10.0 Å². The first-order valence-electron chi connectivity index (χ1n) is 11.6. The molecule has 5 rings (SSSR count). The monoisotopic (exact) mass is 562 g/mol. The highest BCUT2D eigenvalue weighted by Crippen LogP contribution is 2.35. The summed E-state index contributed by atoms with van der Waals surface area (Å²) in [5.41, 5.74) is 1.60. The molecule has 2 aliphatic rings. The highest BCUT2D eigenvalue weighted by Gasteiger charge is 2.38. The van der Waals surface area contributed by atoms with Crippen LogP contribution in [-0.2, 0) is 39.0 Å². The first-order valence-corrected chi connectivity index (χ1v) is 13.8. The maximum atomic E-state index is 13.8. The molecule has 0 unspecified atom stereocenters. The van der Waals surface area contributed by atoms with Crippen LogP contribution in [-0.4, -0.2) is 59.9 Å². The number of rotatable bonds is 7. The van der Waals surface area contributed by atoms with E-state index in [9.17, 15) is 8.42 Å². The summed E-state index contributed by atoms with van der Waals surface area (Å²) in [7, 11) is -3.85. The second-order valence-corrected chi connectivity index (χ2v) is 11.4. The third-order valence-electron chi connectivity index (χ3n) is 6.04. The maximum absolute atomic E-state index is 13.8. The molecule has 9 nitrogen and oxygen atoms in total. The number of fused-ring (bicyclic) bond motifs is 1. The molecule has 0 radical (unpaired) electrons. The maximum Gasteiger partial charge on any atom is 0.247 e. The average Bonchev–Trinajstić information content (AvgIpc) is 3.29. The zero-order valence-corrected chi connectivity index (χ0v) is 21.5. The Bertz CT molecular complexity index is 1250. The van der Waals surface area contributed by atoms with Gasteiger partial charge < -0.3 is 14.2 Å². The molecule has 35 heavy (non-hydrogen) atoms. The third kappa shape index (κ3) is 5.75. The van der Waals surface area contributed by atoms with Gasteiger partial charge in [0.15, 0.2) is 6.29 Å². The van der Waals surface area contributed by atoms with Gasteiger partial charge in [0.05, 0.1) is 31.5 Å². The van der Waals surface area contributed by atoms with Gasteiger partial charge in [-0.3, -0.25) is 4.68 Å². The summed E-state index contributed by atoms with van der Waals surface area (Å²) in [5, 5.41) is 8.46. The smallest absolute Gasteiger partial charge is 0.247 e. The third-order valence-corrected chi connectivity index (χ3v) is 8.47. The Balaban J connectivity index is 1.39. The van der Waals surface area contributed by atoms with Gasteiger partial charge in [-0.15, -0.1) is 5.10 Å². The van der Waals surface area contributed by atoms with Crippen molar-refractivity contribution in [1.82, 2.24) is 19.3 Å². The lowest BCUT2D eigenvalue weighted by Gasteiger charge is -2.27. The molecule has 1 saturated heterocycles. The first kappa shape index (κ1) is 24.4. The SMILES string of the molecule is O=S1(=O)c2ccc(Br)cc2OC[C@H](Cc2ccccc2)N1Cc1cn(CCC2OCCCO2)nn1. The van der Waals surface area contributed by atoms with E-state index in [0.29, 0.717) is 44.0 Å². The van der Waals surface area contributed by atoms with E-state index in [1.165, 1.54) is 4.31 Å². The summed E-state index contributed by atoms with van der Waals surface area (Å²) in [6.07, 6.45) is 3.61. The topological polar surface area (TPSA) is 95.8 Å². The van der Waals surface area contributed by atoms with E-state index in [4.69, 9.17) is 14.2 Å². The highest BCUT2D eigenvalue weighted by atomic mass is 79.9. The summed E-state index contributed by atoms with van der Waals surface area (Å²) in [5.74, 6) is 0.344. The number of sulfonamides is 1. The number of aryl methyl sites for hydroxylation is 1. The standard InChI is InChI=1S/C24H27BrN4O5S/c25-19-7-8-23-22(14-19)34-17-21(13-18-5-2-1-3-6-18)29(35(23,30)31)16-20-15-28(27-26-20)10-9-24-32-11-4-12-33-24/h1-3,5-8,14-15,21,24H,4,9-13,16-17H2/t21-/m0/s1. The van der Waals surface area contributed by atoms with E-state index in [1.807, 2.05) is 30.3 Å². The zero-order chi connectivity index (χ0) is 24.3. The second kappa shape index (κ2) is 10.8. The first-order chi connectivity index (χ1) is 17.0. The molecule has 0 saturated carbocycles. The van der Waals surface area contributed by atoms with Crippen molar-refractivity contribution in [2.75, 3.05) is 19.8 Å². The van der Waals surface area contributed by atoms with Crippen LogP contribution in [0.4, 0.5) is 0 Å². The van der Waals surface area contributed by atoms with E-state index >= 15 is 0 Å². The van der Waals surface area contributed by atoms with Gasteiger partial charge in [0, 0.05) is 23.6 Å². The molecule has 0 amide bonds. The van der Waals surface area contributed by atoms with Crippen molar-refractivity contribution in [2.24, 2.45) is 0 Å². The minimum absolute atomic E-state index is 0.0924. The number of halogens is 1. The Hall–Kier alpha value is -2.31. The summed E-state index contributed by atoms with van der Waals surface area (Å²) in [4.78, 5) is 0.148. The zero-order valence-electron chi connectivity index (χ0n) is 19.1. The molecule has 0 aliphatic carbocycles. The number of hydrogen-bond donors (Lipinski definition) is 0. The van der Waals surface area contributed by atoms with Crippen LogP contribution < -0.4 is 4.74 Å². The largest absolute Gasteiger partial charge is 0.490 e. The predicted molar refractivity (Wildman–Crippen MR) is 131 cm³/mol. The van der Waals surface area contributed by atoms with Gasteiger partial charge in [0.25, 0.3) is 0 Å². The van der Waals surface area contributed by atoms with Crippen LogP contribution in [0.25, 0.3) is 0 Å². The second-order valence-electron chi connectivity index (χ2n) is 8.58. The van der Waals surface area contributed by atoms with Crippen LogP contribution in [0.2, 0.25) is 0 Å². The fourth-order valence-corrected chi connectivity index (χ4v) is 6.32. The van der Waals surface area contributed by atoms with Crippen molar-refractivity contribution < 1.29 is 22.6 Å². The summed E-state index contributed by atoms with van der Waals surface area (Å²) >= 11 is 3.41. The molecule has 2 aromatic carbocycles. The van der Waals surface area contributed by atoms with Gasteiger partial charge in [0.1, 0.15) is 17.3 Å². The highest BCUT2D eigenvalue weighted by molar-refractivity contribution is 9.10. The van der Waals surface area contributed by atoms with E-state index in [2.05, 4.69) is 26.2 Å².